The van der Waals surface area contributed by atoms with Crippen molar-refractivity contribution in [2.45, 2.75) is 19.8 Å². The molecule has 0 saturated heterocycles. The number of hydrogen-bond acceptors (Lipinski definition) is 6. The van der Waals surface area contributed by atoms with Crippen LogP contribution in [0.3, 0.4) is 0 Å². The van der Waals surface area contributed by atoms with Crippen molar-refractivity contribution >= 4 is 34.9 Å². The smallest absolute Gasteiger partial charge is 0.307 e. The van der Waals surface area contributed by atoms with Crippen molar-refractivity contribution in [3.63, 3.8) is 0 Å². The lowest BCUT2D eigenvalue weighted by atomic mass is 9.88. The van der Waals surface area contributed by atoms with Gasteiger partial charge in [-0.2, -0.15) is 0 Å². The molecule has 1 aromatic rings. The second-order valence-corrected chi connectivity index (χ2v) is 6.88. The Morgan fingerprint density at radius 2 is 2.15 bits per heavy atom. The Kier molecular flexibility index (Phi) is 6.84. The molecular formula is C17H18ClFN2O6. The molecule has 1 amide bonds. The molecule has 0 bridgehead atoms. The molecule has 27 heavy (non-hydrogen) atoms. The first-order valence-electron chi connectivity index (χ1n) is 8.22. The monoisotopic (exact) mass is 400 g/mol. The van der Waals surface area contributed by atoms with E-state index in [1.165, 1.54) is 6.07 Å². The van der Waals surface area contributed by atoms with Gasteiger partial charge in [0, 0.05) is 23.2 Å². The summed E-state index contributed by atoms with van der Waals surface area (Å²) in [6, 6.07) is 3.39. The van der Waals surface area contributed by atoms with Gasteiger partial charge in [-0.15, -0.1) is 0 Å². The van der Waals surface area contributed by atoms with Gasteiger partial charge < -0.3 is 10.1 Å². The average Bonchev–Trinajstić information content (AvgIpc) is 2.82. The Labute approximate surface area is 159 Å². The molecule has 3 atom stereocenters. The Bertz CT molecular complexity index is 772. The number of halogens is 2. The first kappa shape index (κ1) is 20.8. The van der Waals surface area contributed by atoms with Gasteiger partial charge in [0.2, 0.25) is 6.54 Å². The van der Waals surface area contributed by atoms with Gasteiger partial charge >= 0.3 is 5.97 Å². The maximum atomic E-state index is 13.0. The highest BCUT2D eigenvalue weighted by atomic mass is 35.5. The van der Waals surface area contributed by atoms with Crippen LogP contribution >= 0.6 is 11.6 Å². The lowest BCUT2D eigenvalue weighted by Crippen LogP contribution is -2.28. The summed E-state index contributed by atoms with van der Waals surface area (Å²) < 4.78 is 17.8. The van der Waals surface area contributed by atoms with Crippen LogP contribution in [0.2, 0.25) is 5.02 Å². The van der Waals surface area contributed by atoms with Gasteiger partial charge in [-0.05, 0) is 24.1 Å². The molecule has 0 radical (unpaired) electrons. The molecule has 0 heterocycles. The van der Waals surface area contributed by atoms with E-state index in [2.05, 4.69) is 5.32 Å². The van der Waals surface area contributed by atoms with Gasteiger partial charge in [-0.25, -0.2) is 4.39 Å². The summed E-state index contributed by atoms with van der Waals surface area (Å²) >= 11 is 5.78. The zero-order chi connectivity index (χ0) is 20.1. The molecule has 0 spiro atoms. The van der Waals surface area contributed by atoms with E-state index in [0.717, 1.165) is 12.1 Å². The molecule has 0 aliphatic heterocycles. The average molecular weight is 401 g/mol. The van der Waals surface area contributed by atoms with Gasteiger partial charge in [0.1, 0.15) is 11.6 Å². The third-order valence-corrected chi connectivity index (χ3v) is 4.81. The standard InChI is InChI=1S/C17H18ClFN2O6/c1-9-4-15(22)11(12(9)7-21(25)26)6-17(24)27-8-16(23)20-14-3-2-10(19)5-13(14)18/h2-3,5,9,11-12H,4,6-8H2,1H3,(H,20,23)/t9-,11+,12-/m1/s1. The van der Waals surface area contributed by atoms with Crippen LogP contribution in [0.5, 0.6) is 0 Å². The molecule has 1 fully saturated rings. The van der Waals surface area contributed by atoms with E-state index >= 15 is 0 Å². The Hall–Kier alpha value is -2.55. The minimum atomic E-state index is -0.795. The summed E-state index contributed by atoms with van der Waals surface area (Å²) in [5.41, 5.74) is 0.157. The predicted molar refractivity (Wildman–Crippen MR) is 93.2 cm³/mol. The number of rotatable bonds is 7. The van der Waals surface area contributed by atoms with E-state index in [-0.39, 0.29) is 35.3 Å². The molecule has 1 saturated carbocycles. The third-order valence-electron chi connectivity index (χ3n) is 4.50. The summed E-state index contributed by atoms with van der Waals surface area (Å²) in [6.45, 7) is 0.717. The van der Waals surface area contributed by atoms with Crippen LogP contribution in [0, 0.1) is 33.7 Å². The molecule has 1 N–H and O–H groups in total. The molecule has 1 aliphatic carbocycles. The van der Waals surface area contributed by atoms with Crippen molar-refractivity contribution in [1.82, 2.24) is 0 Å². The Morgan fingerprint density at radius 1 is 1.44 bits per heavy atom. The number of ether oxygens (including phenoxy) is 1. The largest absolute Gasteiger partial charge is 0.456 e. The minimum absolute atomic E-state index is 0.0113. The number of amides is 1. The summed E-state index contributed by atoms with van der Waals surface area (Å²) in [5, 5.41) is 13.1. The van der Waals surface area contributed by atoms with Crippen LogP contribution in [0.1, 0.15) is 19.8 Å². The van der Waals surface area contributed by atoms with Crippen LogP contribution in [0.25, 0.3) is 0 Å². The van der Waals surface area contributed by atoms with Crippen LogP contribution in [-0.4, -0.2) is 35.7 Å². The molecule has 146 valence electrons. The normalized spacial score (nSPS) is 21.7. The van der Waals surface area contributed by atoms with Crippen LogP contribution in [0.4, 0.5) is 10.1 Å². The van der Waals surface area contributed by atoms with Crippen molar-refractivity contribution < 1.29 is 28.4 Å². The molecular weight excluding hydrogens is 383 g/mol. The zero-order valence-electron chi connectivity index (χ0n) is 14.4. The highest BCUT2D eigenvalue weighted by Crippen LogP contribution is 2.36. The van der Waals surface area contributed by atoms with Crippen LogP contribution in [0.15, 0.2) is 18.2 Å². The Balaban J connectivity index is 1.86. The van der Waals surface area contributed by atoms with E-state index < -0.39 is 47.6 Å². The lowest BCUT2D eigenvalue weighted by molar-refractivity contribution is -0.490. The first-order chi connectivity index (χ1) is 12.7. The number of carbonyl (C=O) groups is 3. The van der Waals surface area contributed by atoms with Crippen molar-refractivity contribution in [3.05, 3.63) is 39.2 Å². The van der Waals surface area contributed by atoms with Crippen molar-refractivity contribution in [3.8, 4) is 0 Å². The number of nitro groups is 1. The topological polar surface area (TPSA) is 116 Å². The van der Waals surface area contributed by atoms with Crippen molar-refractivity contribution in [1.29, 1.82) is 0 Å². The first-order valence-corrected chi connectivity index (χ1v) is 8.60. The van der Waals surface area contributed by atoms with Crippen LogP contribution in [-0.2, 0) is 19.1 Å². The highest BCUT2D eigenvalue weighted by Gasteiger charge is 2.44. The zero-order valence-corrected chi connectivity index (χ0v) is 15.2. The van der Waals surface area contributed by atoms with Gasteiger partial charge in [0.15, 0.2) is 6.61 Å². The van der Waals surface area contributed by atoms with E-state index in [0.29, 0.717) is 0 Å². The number of nitrogens with one attached hydrogen (secondary N) is 1. The summed E-state index contributed by atoms with van der Waals surface area (Å²) in [6.07, 6.45) is -0.133. The number of carbonyl (C=O) groups excluding carboxylic acids is 3. The van der Waals surface area contributed by atoms with Gasteiger partial charge in [-0.1, -0.05) is 18.5 Å². The van der Waals surface area contributed by atoms with Gasteiger partial charge in [-0.3, -0.25) is 24.5 Å². The Morgan fingerprint density at radius 3 is 2.78 bits per heavy atom. The van der Waals surface area contributed by atoms with Gasteiger partial charge in [0.05, 0.1) is 17.1 Å². The number of esters is 1. The highest BCUT2D eigenvalue weighted by molar-refractivity contribution is 6.33. The summed E-state index contributed by atoms with van der Waals surface area (Å²) in [7, 11) is 0. The van der Waals surface area contributed by atoms with Crippen LogP contribution < -0.4 is 5.32 Å². The van der Waals surface area contributed by atoms with E-state index in [1.54, 1.807) is 6.92 Å². The fraction of sp³-hybridized carbons (Fsp3) is 0.471. The quantitative estimate of drug-likeness (QED) is 0.427. The SMILES string of the molecule is C[C@@H]1CC(=O)[C@@H](CC(=O)OCC(=O)Nc2ccc(F)cc2Cl)[C@@H]1C[N+](=O)[O-]. The fourth-order valence-corrected chi connectivity index (χ4v) is 3.38. The second kappa shape index (κ2) is 8.90. The molecule has 2 rings (SSSR count). The molecule has 1 aliphatic rings. The van der Waals surface area contributed by atoms with E-state index in [9.17, 15) is 28.9 Å². The second-order valence-electron chi connectivity index (χ2n) is 6.47. The van der Waals surface area contributed by atoms with Crippen molar-refractivity contribution in [2.24, 2.45) is 17.8 Å². The fourth-order valence-electron chi connectivity index (χ4n) is 3.16. The minimum Gasteiger partial charge on any atom is -0.456 e. The lowest BCUT2D eigenvalue weighted by Gasteiger charge is -2.17. The van der Waals surface area contributed by atoms with Gasteiger partial charge in [0.25, 0.3) is 5.91 Å². The number of benzene rings is 1. The number of hydrogen-bond donors (Lipinski definition) is 1. The van der Waals surface area contributed by atoms with E-state index in [4.69, 9.17) is 16.3 Å². The predicted octanol–water partition coefficient (Wildman–Crippen LogP) is 2.47. The number of nitrogens with zero attached hydrogens (tertiary/aromatic N) is 1. The molecule has 0 aromatic heterocycles. The maximum Gasteiger partial charge on any atom is 0.307 e. The summed E-state index contributed by atoms with van der Waals surface area (Å²) in [4.78, 5) is 46.0. The number of Topliss-reactive ketones (excluding diaryl/α,β-unsaturated/α-hetero) is 1. The molecule has 1 aromatic carbocycles. The number of ketones is 1. The van der Waals surface area contributed by atoms with Crippen molar-refractivity contribution in [2.75, 3.05) is 18.5 Å². The maximum absolute atomic E-state index is 13.0. The number of anilines is 1. The molecule has 0 unspecified atom stereocenters. The molecule has 8 nitrogen and oxygen atoms in total. The van der Waals surface area contributed by atoms with E-state index in [1.807, 2.05) is 0 Å². The molecule has 10 heteroatoms. The summed E-state index contributed by atoms with van der Waals surface area (Å²) in [5.74, 6) is -3.78. The third kappa shape index (κ3) is 5.72.